The number of amides is 1. The average Bonchev–Trinajstić information content (AvgIpc) is 2.27. The third-order valence-electron chi connectivity index (χ3n) is 1.90. The number of carbonyl (C=O) groups is 1. The lowest BCUT2D eigenvalue weighted by Gasteiger charge is -2.07. The van der Waals surface area contributed by atoms with Crippen molar-refractivity contribution < 1.29 is 13.2 Å². The van der Waals surface area contributed by atoms with Crippen molar-refractivity contribution >= 4 is 27.5 Å². The van der Waals surface area contributed by atoms with E-state index < -0.39 is 15.9 Å². The van der Waals surface area contributed by atoms with Crippen LogP contribution in [0.3, 0.4) is 0 Å². The van der Waals surface area contributed by atoms with Crippen LogP contribution in [-0.4, -0.2) is 20.1 Å². The van der Waals surface area contributed by atoms with Crippen molar-refractivity contribution in [2.45, 2.75) is 13.3 Å². The Kier molecular flexibility index (Phi) is 4.92. The first-order valence-electron chi connectivity index (χ1n) is 5.00. The van der Waals surface area contributed by atoms with Crippen LogP contribution in [0.25, 0.3) is 0 Å². The van der Waals surface area contributed by atoms with Crippen molar-refractivity contribution in [3.05, 3.63) is 34.9 Å². The quantitative estimate of drug-likeness (QED) is 0.797. The predicted molar refractivity (Wildman–Crippen MR) is 66.1 cm³/mol. The van der Waals surface area contributed by atoms with E-state index in [1.807, 2.05) is 4.83 Å². The van der Waals surface area contributed by atoms with Gasteiger partial charge in [0.2, 0.25) is 10.0 Å². The lowest BCUT2D eigenvalue weighted by molar-refractivity contribution is 0.0945. The predicted octanol–water partition coefficient (Wildman–Crippen LogP) is 1.31. The van der Waals surface area contributed by atoms with E-state index in [9.17, 15) is 13.2 Å². The molecule has 0 saturated carbocycles. The molecule has 7 heteroatoms. The Balaban J connectivity index is 2.59. The third kappa shape index (κ3) is 4.72. The van der Waals surface area contributed by atoms with Gasteiger partial charge in [-0.25, -0.2) is 8.42 Å². The topological polar surface area (TPSA) is 75.3 Å². The molecule has 0 unspecified atom stereocenters. The number of hydrogen-bond donors (Lipinski definition) is 2. The smallest absolute Gasteiger partial charge is 0.266 e. The standard InChI is InChI=1S/C10H13ClN2O3S/c1-2-7-17(15,16)13-12-10(14)8-3-5-9(11)6-4-8/h3-6,13H,2,7H2,1H3,(H,12,14). The second-order valence-electron chi connectivity index (χ2n) is 3.38. The highest BCUT2D eigenvalue weighted by molar-refractivity contribution is 7.89. The zero-order valence-electron chi connectivity index (χ0n) is 9.23. The van der Waals surface area contributed by atoms with Gasteiger partial charge in [0, 0.05) is 10.6 Å². The zero-order chi connectivity index (χ0) is 12.9. The second kappa shape index (κ2) is 6.00. The second-order valence-corrected chi connectivity index (χ2v) is 5.66. The van der Waals surface area contributed by atoms with Crippen LogP contribution >= 0.6 is 11.6 Å². The normalized spacial score (nSPS) is 11.2. The van der Waals surface area contributed by atoms with Gasteiger partial charge in [-0.3, -0.25) is 10.2 Å². The molecule has 1 rings (SSSR count). The summed E-state index contributed by atoms with van der Waals surface area (Å²) in [5.74, 6) is -0.560. The van der Waals surface area contributed by atoms with Crippen molar-refractivity contribution in [3.63, 3.8) is 0 Å². The minimum atomic E-state index is -3.45. The van der Waals surface area contributed by atoms with Gasteiger partial charge in [0.15, 0.2) is 0 Å². The van der Waals surface area contributed by atoms with E-state index >= 15 is 0 Å². The Bertz CT molecular complexity index is 485. The molecule has 1 amide bonds. The Morgan fingerprint density at radius 1 is 1.29 bits per heavy atom. The molecule has 0 aromatic heterocycles. The summed E-state index contributed by atoms with van der Waals surface area (Å²) in [5, 5.41) is 0.508. The van der Waals surface area contributed by atoms with Gasteiger partial charge in [-0.15, -0.1) is 4.83 Å². The fraction of sp³-hybridized carbons (Fsp3) is 0.300. The van der Waals surface area contributed by atoms with Gasteiger partial charge in [0.05, 0.1) is 5.75 Å². The van der Waals surface area contributed by atoms with Gasteiger partial charge in [0.1, 0.15) is 0 Å². The number of hydrazine groups is 1. The molecule has 0 heterocycles. The summed E-state index contributed by atoms with van der Waals surface area (Å²) in [6, 6.07) is 6.12. The maximum atomic E-state index is 11.5. The third-order valence-corrected chi connectivity index (χ3v) is 3.51. The molecule has 0 aliphatic carbocycles. The van der Waals surface area contributed by atoms with Gasteiger partial charge in [0.25, 0.3) is 5.91 Å². The van der Waals surface area contributed by atoms with Crippen LogP contribution in [0.2, 0.25) is 5.02 Å². The molecule has 0 aliphatic rings. The number of carbonyl (C=O) groups excluding carboxylic acids is 1. The number of sulfonamides is 1. The molecule has 0 spiro atoms. The SMILES string of the molecule is CCCS(=O)(=O)NNC(=O)c1ccc(Cl)cc1. The molecule has 0 atom stereocenters. The molecule has 17 heavy (non-hydrogen) atoms. The largest absolute Gasteiger partial charge is 0.274 e. The summed E-state index contributed by atoms with van der Waals surface area (Å²) in [5.41, 5.74) is 2.45. The lowest BCUT2D eigenvalue weighted by Crippen LogP contribution is -2.42. The van der Waals surface area contributed by atoms with Crippen LogP contribution in [0.4, 0.5) is 0 Å². The highest BCUT2D eigenvalue weighted by Crippen LogP contribution is 2.08. The molecule has 1 aromatic rings. The van der Waals surface area contributed by atoms with E-state index in [1.165, 1.54) is 12.1 Å². The molecular weight excluding hydrogens is 264 g/mol. The van der Waals surface area contributed by atoms with E-state index in [1.54, 1.807) is 19.1 Å². The van der Waals surface area contributed by atoms with Gasteiger partial charge in [-0.05, 0) is 30.7 Å². The average molecular weight is 277 g/mol. The van der Waals surface area contributed by atoms with Crippen LogP contribution in [0.5, 0.6) is 0 Å². The van der Waals surface area contributed by atoms with E-state index in [0.29, 0.717) is 17.0 Å². The van der Waals surface area contributed by atoms with Crippen molar-refractivity contribution in [2.75, 3.05) is 5.75 Å². The molecule has 0 radical (unpaired) electrons. The lowest BCUT2D eigenvalue weighted by atomic mass is 10.2. The molecule has 5 nitrogen and oxygen atoms in total. The highest BCUT2D eigenvalue weighted by Gasteiger charge is 2.11. The Morgan fingerprint density at radius 3 is 2.41 bits per heavy atom. The van der Waals surface area contributed by atoms with Gasteiger partial charge in [-0.2, -0.15) is 0 Å². The van der Waals surface area contributed by atoms with Crippen LogP contribution < -0.4 is 10.3 Å². The van der Waals surface area contributed by atoms with E-state index in [2.05, 4.69) is 5.43 Å². The van der Waals surface area contributed by atoms with Crippen molar-refractivity contribution in [1.29, 1.82) is 0 Å². The van der Waals surface area contributed by atoms with Crippen molar-refractivity contribution in [2.24, 2.45) is 0 Å². The fourth-order valence-corrected chi connectivity index (χ4v) is 2.13. The first-order valence-corrected chi connectivity index (χ1v) is 7.03. The number of hydrogen-bond acceptors (Lipinski definition) is 3. The van der Waals surface area contributed by atoms with Crippen LogP contribution in [0, 0.1) is 0 Å². The summed E-state index contributed by atoms with van der Waals surface area (Å²) in [6.07, 6.45) is 0.478. The zero-order valence-corrected chi connectivity index (χ0v) is 10.8. The van der Waals surface area contributed by atoms with Crippen LogP contribution in [-0.2, 0) is 10.0 Å². The summed E-state index contributed by atoms with van der Waals surface area (Å²) >= 11 is 5.66. The molecule has 0 saturated heterocycles. The van der Waals surface area contributed by atoms with Crippen LogP contribution in [0.15, 0.2) is 24.3 Å². The molecule has 0 aliphatic heterocycles. The number of nitrogens with one attached hydrogen (secondary N) is 2. The molecule has 94 valence electrons. The minimum Gasteiger partial charge on any atom is -0.274 e. The number of benzene rings is 1. The molecule has 2 N–H and O–H groups in total. The van der Waals surface area contributed by atoms with Crippen molar-refractivity contribution in [1.82, 2.24) is 10.3 Å². The maximum Gasteiger partial charge on any atom is 0.266 e. The Labute approximate surface area is 105 Å². The van der Waals surface area contributed by atoms with Gasteiger partial charge in [-0.1, -0.05) is 18.5 Å². The first kappa shape index (κ1) is 14.0. The monoisotopic (exact) mass is 276 g/mol. The molecule has 0 fully saturated rings. The number of halogens is 1. The van der Waals surface area contributed by atoms with Crippen LogP contribution in [0.1, 0.15) is 23.7 Å². The Morgan fingerprint density at radius 2 is 1.88 bits per heavy atom. The fourth-order valence-electron chi connectivity index (χ4n) is 1.12. The van der Waals surface area contributed by atoms with Gasteiger partial charge >= 0.3 is 0 Å². The maximum absolute atomic E-state index is 11.5. The summed E-state index contributed by atoms with van der Waals surface area (Å²) in [6.45, 7) is 1.74. The van der Waals surface area contributed by atoms with E-state index in [0.717, 1.165) is 0 Å². The molecule has 1 aromatic carbocycles. The van der Waals surface area contributed by atoms with E-state index in [-0.39, 0.29) is 5.75 Å². The Hall–Kier alpha value is -1.11. The molecule has 0 bridgehead atoms. The van der Waals surface area contributed by atoms with E-state index in [4.69, 9.17) is 11.6 Å². The number of rotatable bonds is 5. The summed E-state index contributed by atoms with van der Waals surface area (Å²) in [4.78, 5) is 13.5. The van der Waals surface area contributed by atoms with Gasteiger partial charge < -0.3 is 0 Å². The molecular formula is C10H13ClN2O3S. The summed E-state index contributed by atoms with van der Waals surface area (Å²) in [7, 11) is -3.45. The highest BCUT2D eigenvalue weighted by atomic mass is 35.5. The first-order chi connectivity index (χ1) is 7.94. The van der Waals surface area contributed by atoms with Crippen molar-refractivity contribution in [3.8, 4) is 0 Å². The minimum absolute atomic E-state index is 0.0338. The summed E-state index contributed by atoms with van der Waals surface area (Å²) < 4.78 is 22.5.